The third kappa shape index (κ3) is 6.98. The molecule has 0 spiro atoms. The van der Waals surface area contributed by atoms with E-state index in [9.17, 15) is 18.3 Å². The van der Waals surface area contributed by atoms with Gasteiger partial charge in [0.2, 0.25) is 10.0 Å². The summed E-state index contributed by atoms with van der Waals surface area (Å²) in [5, 5.41) is 14.3. The molecule has 3 rings (SSSR count). The number of nitrogens with one attached hydrogen (secondary N) is 1. The normalized spacial score (nSPS) is 11.7. The first-order valence-corrected chi connectivity index (χ1v) is 13.1. The molecule has 0 heterocycles. The van der Waals surface area contributed by atoms with Gasteiger partial charge in [-0.1, -0.05) is 47.0 Å². The van der Waals surface area contributed by atoms with Crippen LogP contribution in [-0.4, -0.2) is 43.1 Å². The molecule has 3 aromatic rings. The molecule has 0 saturated carbocycles. The summed E-state index contributed by atoms with van der Waals surface area (Å²) >= 11 is 12.5. The standard InChI is InChI=1S/C25H25Cl2N3O5S/c1-3-35-24-13-18(9-12-23(24)31)14-28-29-25(32)16-30(15-20-21(26)5-4-6-22(20)27)36(33,34)19-10-7-17(2)8-11-19/h4-14,31H,3,15-16H2,1-2H3,(H,29,32)/b28-14-. The highest BCUT2D eigenvalue weighted by atomic mass is 35.5. The number of phenols is 1. The van der Waals surface area contributed by atoms with E-state index in [0.717, 1.165) is 9.87 Å². The number of hydrazone groups is 1. The lowest BCUT2D eigenvalue weighted by atomic mass is 10.2. The monoisotopic (exact) mass is 549 g/mol. The fourth-order valence-electron chi connectivity index (χ4n) is 3.20. The summed E-state index contributed by atoms with van der Waals surface area (Å²) in [6.45, 7) is 3.24. The second-order valence-electron chi connectivity index (χ2n) is 7.74. The number of phenolic OH excluding ortho intramolecular Hbond substituents is 1. The van der Waals surface area contributed by atoms with Crippen LogP contribution in [0.4, 0.5) is 0 Å². The van der Waals surface area contributed by atoms with Crippen LogP contribution in [0.25, 0.3) is 0 Å². The van der Waals surface area contributed by atoms with Crippen LogP contribution >= 0.6 is 23.2 Å². The van der Waals surface area contributed by atoms with Gasteiger partial charge >= 0.3 is 0 Å². The van der Waals surface area contributed by atoms with Crippen LogP contribution in [0.3, 0.4) is 0 Å². The Hall–Kier alpha value is -3.11. The van der Waals surface area contributed by atoms with E-state index in [1.165, 1.54) is 24.4 Å². The molecule has 0 aliphatic rings. The van der Waals surface area contributed by atoms with Gasteiger partial charge in [-0.3, -0.25) is 4.79 Å². The van der Waals surface area contributed by atoms with Crippen molar-refractivity contribution in [2.45, 2.75) is 25.3 Å². The second-order valence-corrected chi connectivity index (χ2v) is 10.5. The van der Waals surface area contributed by atoms with Crippen LogP contribution in [0.2, 0.25) is 10.0 Å². The fourth-order valence-corrected chi connectivity index (χ4v) is 5.08. The summed E-state index contributed by atoms with van der Waals surface area (Å²) in [5.74, 6) is -0.415. The summed E-state index contributed by atoms with van der Waals surface area (Å²) in [7, 11) is -4.08. The summed E-state index contributed by atoms with van der Waals surface area (Å²) in [6.07, 6.45) is 1.35. The molecule has 0 aliphatic carbocycles. The van der Waals surface area contributed by atoms with Crippen LogP contribution in [0, 0.1) is 6.92 Å². The summed E-state index contributed by atoms with van der Waals surface area (Å²) in [6, 6.07) is 15.7. The van der Waals surface area contributed by atoms with E-state index in [-0.39, 0.29) is 33.0 Å². The first kappa shape index (κ1) is 27.5. The van der Waals surface area contributed by atoms with Crippen LogP contribution in [0.15, 0.2) is 70.7 Å². The molecule has 1 amide bonds. The number of ether oxygens (including phenoxy) is 1. The molecule has 0 radical (unpaired) electrons. The van der Waals surface area contributed by atoms with E-state index < -0.39 is 22.5 Å². The number of hydrogen-bond acceptors (Lipinski definition) is 6. The Labute approximate surface area is 220 Å². The molecule has 0 fully saturated rings. The summed E-state index contributed by atoms with van der Waals surface area (Å²) in [5.41, 5.74) is 4.16. The Balaban J connectivity index is 1.82. The molecule has 0 saturated heterocycles. The van der Waals surface area contributed by atoms with Crippen LogP contribution < -0.4 is 10.2 Å². The number of benzene rings is 3. The molecule has 0 bridgehead atoms. The molecule has 0 atom stereocenters. The fraction of sp³-hybridized carbons (Fsp3) is 0.200. The Morgan fingerprint density at radius 1 is 1.11 bits per heavy atom. The minimum Gasteiger partial charge on any atom is -0.504 e. The molecule has 8 nitrogen and oxygen atoms in total. The number of nitrogens with zero attached hydrogens (tertiary/aromatic N) is 2. The zero-order valence-corrected chi connectivity index (χ0v) is 21.9. The average molecular weight is 550 g/mol. The van der Waals surface area contributed by atoms with Crippen molar-refractivity contribution in [3.05, 3.63) is 87.4 Å². The first-order chi connectivity index (χ1) is 17.1. The Kier molecular flexibility index (Phi) is 9.33. The predicted molar refractivity (Wildman–Crippen MR) is 140 cm³/mol. The summed E-state index contributed by atoms with van der Waals surface area (Å²) in [4.78, 5) is 12.7. The van der Waals surface area contributed by atoms with Crippen LogP contribution in [0.1, 0.15) is 23.6 Å². The highest BCUT2D eigenvalue weighted by Gasteiger charge is 2.28. The molecule has 2 N–H and O–H groups in total. The number of carbonyl (C=O) groups is 1. The molecule has 0 aliphatic heterocycles. The number of rotatable bonds is 10. The van der Waals surface area contributed by atoms with Crippen LogP contribution in [-0.2, 0) is 21.4 Å². The lowest BCUT2D eigenvalue weighted by molar-refractivity contribution is -0.121. The summed E-state index contributed by atoms with van der Waals surface area (Å²) < 4.78 is 33.1. The first-order valence-electron chi connectivity index (χ1n) is 10.9. The number of aromatic hydroxyl groups is 1. The van der Waals surface area contributed by atoms with Crippen molar-refractivity contribution in [2.24, 2.45) is 5.10 Å². The predicted octanol–water partition coefficient (Wildman–Crippen LogP) is 4.75. The quantitative estimate of drug-likeness (QED) is 0.280. The van der Waals surface area contributed by atoms with E-state index in [4.69, 9.17) is 27.9 Å². The molecule has 3 aromatic carbocycles. The van der Waals surface area contributed by atoms with E-state index in [1.807, 2.05) is 6.92 Å². The average Bonchev–Trinajstić information content (AvgIpc) is 2.83. The molecule has 0 aromatic heterocycles. The topological polar surface area (TPSA) is 108 Å². The zero-order valence-electron chi connectivity index (χ0n) is 19.6. The van der Waals surface area contributed by atoms with Gasteiger partial charge in [0.1, 0.15) is 0 Å². The van der Waals surface area contributed by atoms with E-state index >= 15 is 0 Å². The molecular formula is C25H25Cl2N3O5S. The molecule has 11 heteroatoms. The lowest BCUT2D eigenvalue weighted by Gasteiger charge is -2.22. The maximum Gasteiger partial charge on any atom is 0.255 e. The van der Waals surface area contributed by atoms with Gasteiger partial charge in [-0.15, -0.1) is 0 Å². The van der Waals surface area contributed by atoms with Crippen molar-refractivity contribution in [2.75, 3.05) is 13.2 Å². The van der Waals surface area contributed by atoms with Crippen LogP contribution in [0.5, 0.6) is 11.5 Å². The Morgan fingerprint density at radius 2 is 1.78 bits per heavy atom. The van der Waals surface area contributed by atoms with E-state index in [2.05, 4.69) is 10.5 Å². The molecule has 36 heavy (non-hydrogen) atoms. The van der Waals surface area contributed by atoms with Gasteiger partial charge in [0.05, 0.1) is 24.3 Å². The van der Waals surface area contributed by atoms with Crippen molar-refractivity contribution in [1.82, 2.24) is 9.73 Å². The van der Waals surface area contributed by atoms with Crippen molar-refractivity contribution in [1.29, 1.82) is 0 Å². The lowest BCUT2D eigenvalue weighted by Crippen LogP contribution is -2.39. The highest BCUT2D eigenvalue weighted by Crippen LogP contribution is 2.28. The SMILES string of the molecule is CCOc1cc(/C=N\NC(=O)CN(Cc2c(Cl)cccc2Cl)S(=O)(=O)c2ccc(C)cc2)ccc1O. The third-order valence-corrected chi connectivity index (χ3v) is 7.58. The van der Waals surface area contributed by atoms with Gasteiger partial charge in [0, 0.05) is 22.2 Å². The number of aryl methyl sites for hydroxylation is 1. The maximum absolute atomic E-state index is 13.4. The highest BCUT2D eigenvalue weighted by molar-refractivity contribution is 7.89. The molecule has 0 unspecified atom stereocenters. The Bertz CT molecular complexity index is 1340. The van der Waals surface area contributed by atoms with Crippen molar-refractivity contribution >= 4 is 45.3 Å². The number of halogens is 2. The number of sulfonamides is 1. The van der Waals surface area contributed by atoms with E-state index in [0.29, 0.717) is 17.7 Å². The number of hydrogen-bond donors (Lipinski definition) is 2. The van der Waals surface area contributed by atoms with Gasteiger partial charge in [-0.05, 0) is 61.9 Å². The van der Waals surface area contributed by atoms with Crippen molar-refractivity contribution < 1.29 is 23.1 Å². The van der Waals surface area contributed by atoms with E-state index in [1.54, 1.807) is 49.4 Å². The Morgan fingerprint density at radius 3 is 2.42 bits per heavy atom. The number of carbonyl (C=O) groups excluding carboxylic acids is 1. The van der Waals surface area contributed by atoms with Crippen molar-refractivity contribution in [3.8, 4) is 11.5 Å². The minimum atomic E-state index is -4.08. The van der Waals surface area contributed by atoms with Gasteiger partial charge < -0.3 is 9.84 Å². The molecule has 190 valence electrons. The zero-order chi connectivity index (χ0) is 26.3. The van der Waals surface area contributed by atoms with Gasteiger partial charge in [0.15, 0.2) is 11.5 Å². The maximum atomic E-state index is 13.4. The third-order valence-electron chi connectivity index (χ3n) is 5.06. The van der Waals surface area contributed by atoms with Gasteiger partial charge in [0.25, 0.3) is 5.91 Å². The second kappa shape index (κ2) is 12.2. The van der Waals surface area contributed by atoms with Gasteiger partial charge in [-0.2, -0.15) is 9.41 Å². The smallest absolute Gasteiger partial charge is 0.255 e. The number of amides is 1. The molecular weight excluding hydrogens is 525 g/mol. The minimum absolute atomic E-state index is 0.0202. The van der Waals surface area contributed by atoms with Gasteiger partial charge in [-0.25, -0.2) is 13.8 Å². The largest absolute Gasteiger partial charge is 0.504 e. The van der Waals surface area contributed by atoms with Crippen molar-refractivity contribution in [3.63, 3.8) is 0 Å².